The Balaban J connectivity index is -0.0000000600. The maximum absolute atomic E-state index is 4.77. The van der Waals surface area contributed by atoms with Gasteiger partial charge in [0.25, 0.3) is 0 Å². The van der Waals surface area contributed by atoms with Crippen LogP contribution in [-0.4, -0.2) is 12.6 Å². The van der Waals surface area contributed by atoms with Crippen molar-refractivity contribution in [3.8, 4) is 0 Å². The van der Waals surface area contributed by atoms with E-state index >= 15 is 0 Å². The van der Waals surface area contributed by atoms with Crippen LogP contribution in [0.5, 0.6) is 0 Å². The average molecular weight is 294 g/mol. The summed E-state index contributed by atoms with van der Waals surface area (Å²) in [4.78, 5) is 4.77. The normalized spacial score (nSPS) is 9.90. The maximum Gasteiger partial charge on any atom is 3.00 e. The summed E-state index contributed by atoms with van der Waals surface area (Å²) in [5, 5.41) is 0. The van der Waals surface area contributed by atoms with Crippen LogP contribution in [0.25, 0.3) is 0 Å². The van der Waals surface area contributed by atoms with Gasteiger partial charge < -0.3 is 26.1 Å². The zero-order valence-electron chi connectivity index (χ0n) is 6.76. The Bertz CT molecular complexity index is 44.7. The second kappa shape index (κ2) is 17.3. The SMILES string of the molecule is [CH2-]CNO[C@H]([CH2-])C.[CH3-].[Y+3].[Y]. The number of nitrogens with one attached hydrogen (secondary N) is 1. The van der Waals surface area contributed by atoms with Crippen LogP contribution in [0.3, 0.4) is 0 Å². The van der Waals surface area contributed by atoms with Gasteiger partial charge in [-0.3, -0.25) is 0 Å². The van der Waals surface area contributed by atoms with E-state index in [1.165, 1.54) is 0 Å². The fourth-order valence-corrected chi connectivity index (χ4v) is 0.201. The van der Waals surface area contributed by atoms with E-state index in [1.54, 1.807) is 0 Å². The van der Waals surface area contributed by atoms with Crippen LogP contribution < -0.4 is 5.48 Å². The third-order valence-electron chi connectivity index (χ3n) is 0.387. The first kappa shape index (κ1) is 22.7. The molecule has 55 valence electrons. The Morgan fingerprint density at radius 3 is 2.10 bits per heavy atom. The molecule has 2 nitrogen and oxygen atoms in total. The smallest absolute Gasteiger partial charge is 0.358 e. The molecule has 0 aromatic carbocycles. The molecule has 0 unspecified atom stereocenters. The van der Waals surface area contributed by atoms with Gasteiger partial charge in [-0.1, -0.05) is 6.92 Å². The van der Waals surface area contributed by atoms with Crippen LogP contribution >= 0.6 is 0 Å². The van der Waals surface area contributed by atoms with Crippen LogP contribution in [-0.2, 0) is 70.3 Å². The van der Waals surface area contributed by atoms with Gasteiger partial charge in [0.05, 0.1) is 0 Å². The van der Waals surface area contributed by atoms with Crippen molar-refractivity contribution in [2.24, 2.45) is 0 Å². The zero-order chi connectivity index (χ0) is 5.70. The van der Waals surface area contributed by atoms with Crippen molar-refractivity contribution >= 4 is 0 Å². The second-order valence-corrected chi connectivity index (χ2v) is 1.32. The molecule has 0 spiro atoms. The standard InChI is InChI=1S/C5H11NO.CH3.2Y/c1-4-6-7-5(2)3;;;/h5-6H,1-2,4H2,3H3;1H3;;/q-2;-1;;+3/t5-;;;/m1.../s1. The monoisotopic (exact) mass is 294 g/mol. The number of hydrogen-bond donors (Lipinski definition) is 1. The summed E-state index contributed by atoms with van der Waals surface area (Å²) in [6.45, 7) is 9.49. The minimum atomic E-state index is 0. The topological polar surface area (TPSA) is 21.3 Å². The first-order valence-corrected chi connectivity index (χ1v) is 2.28. The molecular formula is C6H14NOY2. The Hall–Kier alpha value is 2.13. The van der Waals surface area contributed by atoms with Gasteiger partial charge in [-0.15, -0.1) is 6.54 Å². The quantitative estimate of drug-likeness (QED) is 0.619. The van der Waals surface area contributed by atoms with Gasteiger partial charge in [-0.25, -0.2) is 5.48 Å². The molecule has 0 aliphatic carbocycles. The summed E-state index contributed by atoms with van der Waals surface area (Å²) in [6.07, 6.45) is 0.00162. The van der Waals surface area contributed by atoms with Crippen LogP contribution in [0.4, 0.5) is 0 Å². The molecule has 0 aromatic rings. The Morgan fingerprint density at radius 2 is 2.00 bits per heavy atom. The van der Waals surface area contributed by atoms with Gasteiger partial charge in [-0.2, -0.15) is 0 Å². The average Bonchev–Trinajstić information content (AvgIpc) is 1.61. The van der Waals surface area contributed by atoms with Crippen LogP contribution in [0.2, 0.25) is 0 Å². The van der Waals surface area contributed by atoms with E-state index in [-0.39, 0.29) is 78.9 Å². The van der Waals surface area contributed by atoms with Gasteiger partial charge in [-0.05, 0) is 6.10 Å². The molecule has 10 heavy (non-hydrogen) atoms. The summed E-state index contributed by atoms with van der Waals surface area (Å²) in [5.74, 6) is 0. The number of rotatable bonds is 3. The third kappa shape index (κ3) is 22.5. The Labute approximate surface area is 115 Å². The fourth-order valence-electron chi connectivity index (χ4n) is 0.201. The van der Waals surface area contributed by atoms with Crippen molar-refractivity contribution in [1.29, 1.82) is 0 Å². The van der Waals surface area contributed by atoms with Crippen LogP contribution in [0.1, 0.15) is 6.92 Å². The van der Waals surface area contributed by atoms with Crippen molar-refractivity contribution in [1.82, 2.24) is 5.48 Å². The minimum Gasteiger partial charge on any atom is -0.358 e. The predicted molar refractivity (Wildman–Crippen MR) is 35.7 cm³/mol. The van der Waals surface area contributed by atoms with E-state index in [0.717, 1.165) is 0 Å². The van der Waals surface area contributed by atoms with Crippen molar-refractivity contribution < 1.29 is 70.3 Å². The molecule has 1 atom stereocenters. The molecule has 0 bridgehead atoms. The van der Waals surface area contributed by atoms with Gasteiger partial charge in [0.2, 0.25) is 0 Å². The molecule has 0 aliphatic rings. The summed E-state index contributed by atoms with van der Waals surface area (Å²) < 4.78 is 0. The van der Waals surface area contributed by atoms with Gasteiger partial charge in [0, 0.05) is 32.7 Å². The minimum absolute atomic E-state index is 0. The van der Waals surface area contributed by atoms with E-state index < -0.39 is 0 Å². The summed E-state index contributed by atoms with van der Waals surface area (Å²) in [5.41, 5.74) is 2.57. The molecule has 0 fully saturated rings. The van der Waals surface area contributed by atoms with Crippen molar-refractivity contribution in [3.63, 3.8) is 0 Å². The van der Waals surface area contributed by atoms with E-state index in [2.05, 4.69) is 19.3 Å². The number of hydroxylamine groups is 1. The van der Waals surface area contributed by atoms with E-state index in [0.29, 0.717) is 6.54 Å². The van der Waals surface area contributed by atoms with Crippen LogP contribution in [0, 0.1) is 21.3 Å². The Kier molecular flexibility index (Phi) is 39.3. The molecule has 0 saturated carbocycles. The van der Waals surface area contributed by atoms with Crippen molar-refractivity contribution in [3.05, 3.63) is 21.3 Å². The molecule has 1 radical (unpaired) electrons. The summed E-state index contributed by atoms with van der Waals surface area (Å²) in [7, 11) is 0. The van der Waals surface area contributed by atoms with Crippen molar-refractivity contribution in [2.45, 2.75) is 13.0 Å². The largest absolute Gasteiger partial charge is 3.00 e. The van der Waals surface area contributed by atoms with Gasteiger partial charge in [0.1, 0.15) is 0 Å². The second-order valence-electron chi connectivity index (χ2n) is 1.32. The molecule has 0 amide bonds. The molecule has 0 rings (SSSR count). The molecule has 0 saturated heterocycles. The fraction of sp³-hybridized carbons (Fsp3) is 0.500. The molecule has 1 N–H and O–H groups in total. The molecular weight excluding hydrogens is 280 g/mol. The first-order valence-electron chi connectivity index (χ1n) is 2.28. The Morgan fingerprint density at radius 1 is 1.60 bits per heavy atom. The van der Waals surface area contributed by atoms with Gasteiger partial charge in [0.15, 0.2) is 0 Å². The van der Waals surface area contributed by atoms with E-state index in [4.69, 9.17) is 4.84 Å². The maximum atomic E-state index is 4.77. The third-order valence-corrected chi connectivity index (χ3v) is 0.387. The zero-order valence-corrected chi connectivity index (χ0v) is 12.4. The predicted octanol–water partition coefficient (Wildman–Crippen LogP) is 1.01. The molecule has 0 heterocycles. The number of hydrogen-bond acceptors (Lipinski definition) is 2. The first-order chi connectivity index (χ1) is 3.27. The summed E-state index contributed by atoms with van der Waals surface area (Å²) >= 11 is 0. The van der Waals surface area contributed by atoms with E-state index in [9.17, 15) is 0 Å². The summed E-state index contributed by atoms with van der Waals surface area (Å²) in [6, 6.07) is 0. The van der Waals surface area contributed by atoms with Gasteiger partial charge >= 0.3 is 32.7 Å². The van der Waals surface area contributed by atoms with E-state index in [1.807, 2.05) is 6.92 Å². The molecule has 0 aromatic heterocycles. The molecule has 0 aliphatic heterocycles. The molecule has 4 heteroatoms. The van der Waals surface area contributed by atoms with Crippen molar-refractivity contribution in [2.75, 3.05) is 6.54 Å². The van der Waals surface area contributed by atoms with Crippen LogP contribution in [0.15, 0.2) is 0 Å².